The van der Waals surface area contributed by atoms with E-state index < -0.39 is 5.41 Å². The predicted octanol–water partition coefficient (Wildman–Crippen LogP) is 5.98. The summed E-state index contributed by atoms with van der Waals surface area (Å²) in [6, 6.07) is 15.4. The Morgan fingerprint density at radius 1 is 1.06 bits per heavy atom. The number of carbonyl (C=O) groups is 1. The Morgan fingerprint density at radius 3 is 2.44 bits per heavy atom. The maximum Gasteiger partial charge on any atom is 0.269 e. The second-order valence-electron chi connectivity index (χ2n) is 9.36. The number of aromatic nitrogens is 2. The van der Waals surface area contributed by atoms with Crippen LogP contribution < -0.4 is 5.32 Å². The Labute approximate surface area is 204 Å². The van der Waals surface area contributed by atoms with Crippen LogP contribution >= 0.6 is 11.6 Å². The van der Waals surface area contributed by atoms with Crippen LogP contribution in [0.1, 0.15) is 35.5 Å². The van der Waals surface area contributed by atoms with Gasteiger partial charge >= 0.3 is 0 Å². The Morgan fingerprint density at radius 2 is 1.76 bits per heavy atom. The minimum atomic E-state index is -0.426. The van der Waals surface area contributed by atoms with E-state index in [1.807, 2.05) is 62.4 Å². The second-order valence-corrected chi connectivity index (χ2v) is 9.77. The molecule has 2 heterocycles. The van der Waals surface area contributed by atoms with Gasteiger partial charge < -0.3 is 10.4 Å². The van der Waals surface area contributed by atoms with Gasteiger partial charge in [0.1, 0.15) is 5.69 Å². The number of nitrogens with one attached hydrogen (secondary N) is 1. The van der Waals surface area contributed by atoms with Crippen molar-refractivity contribution < 1.29 is 9.90 Å². The molecule has 0 aliphatic rings. The summed E-state index contributed by atoms with van der Waals surface area (Å²) in [5.41, 5.74) is 6.64. The third-order valence-corrected chi connectivity index (χ3v) is 6.40. The first-order chi connectivity index (χ1) is 16.2. The number of amides is 1. The van der Waals surface area contributed by atoms with E-state index >= 15 is 0 Å². The van der Waals surface area contributed by atoms with Crippen LogP contribution in [0.2, 0.25) is 5.02 Å². The van der Waals surface area contributed by atoms with Crippen LogP contribution in [0.25, 0.3) is 33.2 Å². The van der Waals surface area contributed by atoms with Crippen LogP contribution in [0.15, 0.2) is 60.9 Å². The monoisotopic (exact) mass is 473 g/mol. The minimum absolute atomic E-state index is 0.0283. The largest absolute Gasteiger partial charge is 0.396 e. The van der Waals surface area contributed by atoms with Crippen LogP contribution in [0.4, 0.5) is 0 Å². The highest BCUT2D eigenvalue weighted by atomic mass is 35.5. The fourth-order valence-electron chi connectivity index (χ4n) is 4.20. The zero-order valence-electron chi connectivity index (χ0n) is 19.8. The highest BCUT2D eigenvalue weighted by Gasteiger charge is 2.22. The Hall–Kier alpha value is -3.28. The third kappa shape index (κ3) is 4.67. The molecule has 0 atom stereocenters. The molecule has 0 unspecified atom stereocenters. The summed E-state index contributed by atoms with van der Waals surface area (Å²) in [6.07, 6.45) is 3.57. The summed E-state index contributed by atoms with van der Waals surface area (Å²) in [7, 11) is 0. The van der Waals surface area contributed by atoms with Gasteiger partial charge in [0.2, 0.25) is 0 Å². The van der Waals surface area contributed by atoms with E-state index in [9.17, 15) is 9.90 Å². The molecule has 34 heavy (non-hydrogen) atoms. The Bertz CT molecular complexity index is 1370. The number of halogens is 1. The standard InChI is InChI=1S/C28H28ClN3O2/c1-17-13-23-26(18(2)25(17)19-9-11-30-12-10-19)21(20-7-5-6-8-22(20)29)14-24(32-23)27(34)31-15-28(3,4)16-33/h5-14,33H,15-16H2,1-4H3,(H,31,34). The van der Waals surface area contributed by atoms with Crippen LogP contribution in [0, 0.1) is 19.3 Å². The molecule has 2 aromatic heterocycles. The van der Waals surface area contributed by atoms with E-state index in [0.717, 1.165) is 44.3 Å². The number of nitrogens with zero attached hydrogens (tertiary/aromatic N) is 2. The average Bonchev–Trinajstić information content (AvgIpc) is 2.83. The maximum atomic E-state index is 13.1. The summed E-state index contributed by atoms with van der Waals surface area (Å²) in [4.78, 5) is 22.0. The lowest BCUT2D eigenvalue weighted by Gasteiger charge is -2.22. The molecule has 0 spiro atoms. The van der Waals surface area contributed by atoms with Crippen molar-refractivity contribution in [3.8, 4) is 22.3 Å². The number of carbonyl (C=O) groups excluding carboxylic acids is 1. The molecule has 0 saturated carbocycles. The molecule has 1 amide bonds. The zero-order chi connectivity index (χ0) is 24.5. The van der Waals surface area contributed by atoms with Gasteiger partial charge in [0.05, 0.1) is 5.52 Å². The van der Waals surface area contributed by atoms with Gasteiger partial charge in [-0.25, -0.2) is 4.98 Å². The first kappa shape index (κ1) is 23.9. The van der Waals surface area contributed by atoms with Crippen molar-refractivity contribution in [2.45, 2.75) is 27.7 Å². The number of pyridine rings is 2. The summed E-state index contributed by atoms with van der Waals surface area (Å²) in [5.74, 6) is -0.287. The Balaban J connectivity index is 1.95. The number of aliphatic hydroxyl groups is 1. The van der Waals surface area contributed by atoms with E-state index in [4.69, 9.17) is 16.6 Å². The van der Waals surface area contributed by atoms with Crippen molar-refractivity contribution in [1.82, 2.24) is 15.3 Å². The van der Waals surface area contributed by atoms with Crippen LogP contribution in [-0.4, -0.2) is 34.1 Å². The number of hydrogen-bond donors (Lipinski definition) is 2. The lowest BCUT2D eigenvalue weighted by Crippen LogP contribution is -2.36. The molecule has 0 saturated heterocycles. The first-order valence-electron chi connectivity index (χ1n) is 11.2. The molecule has 0 radical (unpaired) electrons. The third-order valence-electron chi connectivity index (χ3n) is 6.07. The molecule has 0 aliphatic carbocycles. The lowest BCUT2D eigenvalue weighted by atomic mass is 9.89. The quantitative estimate of drug-likeness (QED) is 0.361. The molecule has 4 aromatic rings. The lowest BCUT2D eigenvalue weighted by molar-refractivity contribution is 0.0906. The van der Waals surface area contributed by atoms with E-state index in [0.29, 0.717) is 17.3 Å². The van der Waals surface area contributed by atoms with Gasteiger partial charge in [-0.05, 0) is 72.0 Å². The van der Waals surface area contributed by atoms with Crippen LogP contribution in [0.5, 0.6) is 0 Å². The molecule has 6 heteroatoms. The highest BCUT2D eigenvalue weighted by Crippen LogP contribution is 2.40. The van der Waals surface area contributed by atoms with Gasteiger partial charge in [0.15, 0.2) is 0 Å². The fraction of sp³-hybridized carbons (Fsp3) is 0.250. The van der Waals surface area contributed by atoms with Crippen molar-refractivity contribution in [2.75, 3.05) is 13.2 Å². The molecule has 2 aromatic carbocycles. The van der Waals surface area contributed by atoms with Crippen LogP contribution in [0.3, 0.4) is 0 Å². The van der Waals surface area contributed by atoms with Gasteiger partial charge in [-0.1, -0.05) is 43.6 Å². The van der Waals surface area contributed by atoms with Crippen molar-refractivity contribution in [3.05, 3.63) is 82.8 Å². The number of aryl methyl sites for hydroxylation is 2. The molecule has 2 N–H and O–H groups in total. The van der Waals surface area contributed by atoms with E-state index in [2.05, 4.69) is 24.1 Å². The molecule has 0 bridgehead atoms. The molecule has 0 fully saturated rings. The molecule has 174 valence electrons. The van der Waals surface area contributed by atoms with E-state index in [-0.39, 0.29) is 12.5 Å². The van der Waals surface area contributed by atoms with Gasteiger partial charge in [0, 0.05) is 46.9 Å². The summed E-state index contributed by atoms with van der Waals surface area (Å²) in [6.45, 7) is 8.22. The summed E-state index contributed by atoms with van der Waals surface area (Å²) < 4.78 is 0. The predicted molar refractivity (Wildman–Crippen MR) is 138 cm³/mol. The number of rotatable bonds is 6. The number of fused-ring (bicyclic) bond motifs is 1. The van der Waals surface area contributed by atoms with Gasteiger partial charge in [-0.15, -0.1) is 0 Å². The van der Waals surface area contributed by atoms with Gasteiger partial charge in [-0.3, -0.25) is 9.78 Å². The summed E-state index contributed by atoms with van der Waals surface area (Å²) >= 11 is 6.61. The van der Waals surface area contributed by atoms with Crippen molar-refractivity contribution in [1.29, 1.82) is 0 Å². The topological polar surface area (TPSA) is 75.1 Å². The van der Waals surface area contributed by atoms with E-state index in [1.54, 1.807) is 12.4 Å². The zero-order valence-corrected chi connectivity index (χ0v) is 20.6. The second kappa shape index (κ2) is 9.53. The number of hydrogen-bond acceptors (Lipinski definition) is 4. The molecule has 5 nitrogen and oxygen atoms in total. The molecule has 0 aliphatic heterocycles. The van der Waals surface area contributed by atoms with Crippen molar-refractivity contribution in [3.63, 3.8) is 0 Å². The fourth-order valence-corrected chi connectivity index (χ4v) is 4.44. The minimum Gasteiger partial charge on any atom is -0.396 e. The normalized spacial score (nSPS) is 11.6. The number of aliphatic hydroxyl groups excluding tert-OH is 1. The average molecular weight is 474 g/mol. The smallest absolute Gasteiger partial charge is 0.269 e. The van der Waals surface area contributed by atoms with Gasteiger partial charge in [-0.2, -0.15) is 0 Å². The van der Waals surface area contributed by atoms with Crippen molar-refractivity contribution in [2.24, 2.45) is 5.41 Å². The van der Waals surface area contributed by atoms with Crippen LogP contribution in [-0.2, 0) is 0 Å². The Kier molecular flexibility index (Phi) is 6.69. The van der Waals surface area contributed by atoms with E-state index in [1.165, 1.54) is 0 Å². The number of benzene rings is 2. The highest BCUT2D eigenvalue weighted by molar-refractivity contribution is 6.33. The maximum absolute atomic E-state index is 13.1. The molecule has 4 rings (SSSR count). The molecular formula is C28H28ClN3O2. The molecular weight excluding hydrogens is 446 g/mol. The summed E-state index contributed by atoms with van der Waals surface area (Å²) in [5, 5.41) is 14.0. The SMILES string of the molecule is Cc1cc2nc(C(=O)NCC(C)(C)CO)cc(-c3ccccc3Cl)c2c(C)c1-c1ccncc1. The van der Waals surface area contributed by atoms with Crippen molar-refractivity contribution >= 4 is 28.4 Å². The van der Waals surface area contributed by atoms with Gasteiger partial charge in [0.25, 0.3) is 5.91 Å². The first-order valence-corrected chi connectivity index (χ1v) is 11.6.